The van der Waals surface area contributed by atoms with Gasteiger partial charge < -0.3 is 15.3 Å². The minimum absolute atomic E-state index is 0.171. The van der Waals surface area contributed by atoms with Crippen LogP contribution in [0, 0.1) is 12.7 Å². The van der Waals surface area contributed by atoms with Crippen molar-refractivity contribution in [2.45, 2.75) is 6.92 Å². The number of nitrogens with zero attached hydrogens (tertiary/aromatic N) is 7. The summed E-state index contributed by atoms with van der Waals surface area (Å²) in [5.41, 5.74) is 11.3. The molecule has 5 rings (SSSR count). The lowest BCUT2D eigenvalue weighted by Crippen LogP contribution is -2.49. The van der Waals surface area contributed by atoms with Crippen molar-refractivity contribution < 1.29 is 14.0 Å². The number of aromatic amines is 1. The number of anilines is 1. The zero-order valence-corrected chi connectivity index (χ0v) is 18.3. The number of hydrogen-bond acceptors (Lipinski definition) is 5. The molecule has 0 unspecified atom stereocenters. The summed E-state index contributed by atoms with van der Waals surface area (Å²) in [6, 6.07) is 5.48. The van der Waals surface area contributed by atoms with Crippen LogP contribution in [-0.2, 0) is 4.79 Å². The number of benzene rings is 2. The molecule has 1 aliphatic rings. The van der Waals surface area contributed by atoms with E-state index >= 15 is 4.39 Å². The number of aromatic nitrogens is 4. The second-order valence-corrected chi connectivity index (χ2v) is 8.19. The van der Waals surface area contributed by atoms with Crippen LogP contribution >= 0.6 is 11.6 Å². The first kappa shape index (κ1) is 21.0. The molecule has 0 spiro atoms. The first-order valence-electron chi connectivity index (χ1n) is 10.3. The Balaban J connectivity index is 1.59. The van der Waals surface area contributed by atoms with Crippen molar-refractivity contribution in [3.05, 3.63) is 52.7 Å². The third kappa shape index (κ3) is 3.49. The molecule has 0 bridgehead atoms. The summed E-state index contributed by atoms with van der Waals surface area (Å²) in [7, 11) is 0. The Hall–Kier alpha value is -3.88. The van der Waals surface area contributed by atoms with Crippen LogP contribution in [-0.4, -0.2) is 68.2 Å². The number of fused-ring (bicyclic) bond motifs is 2. The maximum Gasteiger partial charge on any atom is 0.344 e. The SMILES string of the molecule is Cc1ccc2[nH]ncc2c1-c1c(Cl)cc2c(N3CCN(C(=O)C=[N+]=[N-])CC3)ncnc2c1F. The van der Waals surface area contributed by atoms with Crippen molar-refractivity contribution in [2.75, 3.05) is 31.1 Å². The monoisotopic (exact) mass is 464 g/mol. The van der Waals surface area contributed by atoms with Crippen LogP contribution in [0.1, 0.15) is 5.56 Å². The minimum atomic E-state index is -0.522. The van der Waals surface area contributed by atoms with E-state index in [9.17, 15) is 4.79 Å². The number of aryl methyl sites for hydroxylation is 1. The fourth-order valence-corrected chi connectivity index (χ4v) is 4.61. The van der Waals surface area contributed by atoms with E-state index in [-0.39, 0.29) is 22.0 Å². The molecule has 33 heavy (non-hydrogen) atoms. The van der Waals surface area contributed by atoms with Crippen molar-refractivity contribution in [3.63, 3.8) is 0 Å². The van der Waals surface area contributed by atoms with Crippen LogP contribution in [0.15, 0.2) is 30.7 Å². The molecule has 1 fully saturated rings. The third-order valence-corrected chi connectivity index (χ3v) is 6.24. The van der Waals surface area contributed by atoms with Gasteiger partial charge in [0.1, 0.15) is 17.7 Å². The largest absolute Gasteiger partial charge is 0.361 e. The predicted molar refractivity (Wildman–Crippen MR) is 123 cm³/mol. The Kier molecular flexibility index (Phi) is 5.24. The first-order valence-corrected chi connectivity index (χ1v) is 10.6. The lowest BCUT2D eigenvalue weighted by Gasteiger charge is -2.34. The zero-order valence-electron chi connectivity index (χ0n) is 17.6. The number of hydrogen-bond donors (Lipinski definition) is 1. The number of carbonyl (C=O) groups excluding carboxylic acids is 1. The molecule has 11 heteroatoms. The number of carbonyl (C=O) groups is 1. The fraction of sp³-hybridized carbons (Fsp3) is 0.227. The van der Waals surface area contributed by atoms with E-state index in [0.717, 1.165) is 22.7 Å². The standard InChI is InChI=1S/C22H18ClFN8O/c1-12-2-3-16-14(9-29-30-16)18(12)19-15(23)8-13-21(20(19)24)26-11-27-22(13)32-6-4-31(5-7-32)17(33)10-28-25/h2-3,8-11H,4-7H2,1H3,(H,29,30). The summed E-state index contributed by atoms with van der Waals surface area (Å²) in [5.74, 6) is -0.341. The second-order valence-electron chi connectivity index (χ2n) is 7.79. The summed E-state index contributed by atoms with van der Waals surface area (Å²) < 4.78 is 15.9. The van der Waals surface area contributed by atoms with E-state index in [1.54, 1.807) is 17.2 Å². The quantitative estimate of drug-likeness (QED) is 0.284. The number of amides is 1. The Morgan fingerprint density at radius 1 is 1.21 bits per heavy atom. The highest BCUT2D eigenvalue weighted by Gasteiger charge is 2.26. The third-order valence-electron chi connectivity index (χ3n) is 5.94. The Morgan fingerprint density at radius 2 is 2.00 bits per heavy atom. The van der Waals surface area contributed by atoms with Gasteiger partial charge in [0.05, 0.1) is 16.7 Å². The van der Waals surface area contributed by atoms with Gasteiger partial charge in [0.15, 0.2) is 5.82 Å². The summed E-state index contributed by atoms with van der Waals surface area (Å²) >= 11 is 6.66. The topological polar surface area (TPSA) is 114 Å². The molecule has 2 aromatic carbocycles. The maximum atomic E-state index is 15.9. The van der Waals surface area contributed by atoms with E-state index in [4.69, 9.17) is 17.1 Å². The number of H-pyrrole nitrogens is 1. The Labute approximate surface area is 192 Å². The van der Waals surface area contributed by atoms with E-state index in [1.165, 1.54) is 6.33 Å². The smallest absolute Gasteiger partial charge is 0.344 e. The number of piperazine rings is 1. The molecule has 166 valence electrons. The van der Waals surface area contributed by atoms with Crippen molar-refractivity contribution in [1.29, 1.82) is 0 Å². The van der Waals surface area contributed by atoms with Crippen molar-refractivity contribution in [2.24, 2.45) is 0 Å². The van der Waals surface area contributed by atoms with Crippen LogP contribution in [0.5, 0.6) is 0 Å². The van der Waals surface area contributed by atoms with Crippen LogP contribution in [0.25, 0.3) is 38.5 Å². The average Bonchev–Trinajstić information content (AvgIpc) is 3.29. The molecule has 1 amide bonds. The van der Waals surface area contributed by atoms with Gasteiger partial charge in [0.2, 0.25) is 0 Å². The van der Waals surface area contributed by atoms with Crippen molar-refractivity contribution >= 4 is 51.3 Å². The van der Waals surface area contributed by atoms with Crippen LogP contribution in [0.2, 0.25) is 5.02 Å². The molecule has 0 aliphatic carbocycles. The van der Waals surface area contributed by atoms with E-state index in [1.807, 2.05) is 24.0 Å². The van der Waals surface area contributed by atoms with E-state index < -0.39 is 5.82 Å². The molecule has 4 aromatic rings. The summed E-state index contributed by atoms with van der Waals surface area (Å²) in [6.07, 6.45) is 3.86. The second kappa shape index (κ2) is 8.23. The molecular weight excluding hydrogens is 447 g/mol. The normalized spacial score (nSPS) is 14.0. The minimum Gasteiger partial charge on any atom is -0.361 e. The Bertz CT molecular complexity index is 1450. The molecule has 1 aliphatic heterocycles. The van der Waals surface area contributed by atoms with Gasteiger partial charge in [-0.15, -0.1) is 0 Å². The van der Waals surface area contributed by atoms with Crippen LogP contribution in [0.3, 0.4) is 0 Å². The van der Waals surface area contributed by atoms with Gasteiger partial charge in [-0.3, -0.25) is 9.89 Å². The lowest BCUT2D eigenvalue weighted by molar-refractivity contribution is -0.127. The fourth-order valence-electron chi connectivity index (χ4n) is 4.33. The van der Waals surface area contributed by atoms with E-state index in [2.05, 4.69) is 25.0 Å². The van der Waals surface area contributed by atoms with Gasteiger partial charge in [0, 0.05) is 48.1 Å². The Morgan fingerprint density at radius 3 is 2.76 bits per heavy atom. The molecule has 2 aromatic heterocycles. The highest BCUT2D eigenvalue weighted by molar-refractivity contribution is 6.35. The summed E-state index contributed by atoms with van der Waals surface area (Å²) in [4.78, 5) is 26.8. The molecule has 3 heterocycles. The van der Waals surface area contributed by atoms with Gasteiger partial charge in [-0.05, 0) is 24.6 Å². The average molecular weight is 465 g/mol. The predicted octanol–water partition coefficient (Wildman–Crippen LogP) is 3.22. The lowest BCUT2D eigenvalue weighted by atomic mass is 9.95. The molecule has 0 saturated carbocycles. The summed E-state index contributed by atoms with van der Waals surface area (Å²) in [6.45, 7) is 3.67. The zero-order chi connectivity index (χ0) is 23.1. The first-order chi connectivity index (χ1) is 16.0. The number of halogens is 2. The highest BCUT2D eigenvalue weighted by atomic mass is 35.5. The van der Waals surface area contributed by atoms with Crippen molar-refractivity contribution in [1.82, 2.24) is 25.1 Å². The molecule has 1 N–H and O–H groups in total. The molecule has 0 atom stereocenters. The maximum absolute atomic E-state index is 15.9. The highest BCUT2D eigenvalue weighted by Crippen LogP contribution is 2.41. The van der Waals surface area contributed by atoms with Gasteiger partial charge in [-0.1, -0.05) is 17.7 Å². The van der Waals surface area contributed by atoms with E-state index in [0.29, 0.717) is 42.9 Å². The van der Waals surface area contributed by atoms with Gasteiger partial charge in [-0.2, -0.15) is 9.89 Å². The van der Waals surface area contributed by atoms with Crippen LogP contribution in [0.4, 0.5) is 10.2 Å². The van der Waals surface area contributed by atoms with Gasteiger partial charge in [0.25, 0.3) is 0 Å². The summed E-state index contributed by atoms with van der Waals surface area (Å²) in [5, 5.41) is 8.51. The molecular formula is C22H18ClFN8O. The number of nitrogens with one attached hydrogen (secondary N) is 1. The molecule has 0 radical (unpaired) electrons. The molecule has 1 saturated heterocycles. The molecule has 9 nitrogen and oxygen atoms in total. The van der Waals surface area contributed by atoms with Gasteiger partial charge >= 0.3 is 12.1 Å². The number of rotatable bonds is 3. The van der Waals surface area contributed by atoms with Gasteiger partial charge in [-0.25, -0.2) is 14.4 Å². The van der Waals surface area contributed by atoms with Crippen molar-refractivity contribution in [3.8, 4) is 11.1 Å². The van der Waals surface area contributed by atoms with Crippen LogP contribution < -0.4 is 4.90 Å².